The van der Waals surface area contributed by atoms with Crippen LogP contribution in [-0.2, 0) is 17.8 Å². The van der Waals surface area contributed by atoms with Crippen LogP contribution in [0.3, 0.4) is 0 Å². The van der Waals surface area contributed by atoms with Crippen LogP contribution >= 0.6 is 0 Å². The fraction of sp³-hybridized carbons (Fsp3) is 0.462. The van der Waals surface area contributed by atoms with Crippen molar-refractivity contribution in [2.45, 2.75) is 39.8 Å². The van der Waals surface area contributed by atoms with E-state index in [1.54, 1.807) is 0 Å². The Labute approximate surface area is 96.8 Å². The molecule has 1 N–H and O–H groups in total. The van der Waals surface area contributed by atoms with Gasteiger partial charge < -0.3 is 10.1 Å². The van der Waals surface area contributed by atoms with Crippen molar-refractivity contribution in [3.05, 3.63) is 35.4 Å². The molecule has 0 saturated carbocycles. The molecule has 0 atom stereocenters. The Morgan fingerprint density at radius 2 is 2.06 bits per heavy atom. The average molecular weight is 221 g/mol. The van der Waals surface area contributed by atoms with E-state index >= 15 is 0 Å². The molecule has 1 aromatic carbocycles. The van der Waals surface area contributed by atoms with E-state index in [-0.39, 0.29) is 12.1 Å². The van der Waals surface area contributed by atoms with Gasteiger partial charge in [0.05, 0.1) is 0 Å². The molecule has 0 bridgehead atoms. The molecule has 0 heterocycles. The minimum Gasteiger partial charge on any atom is -0.445 e. The van der Waals surface area contributed by atoms with E-state index in [0.29, 0.717) is 6.61 Å². The molecule has 88 valence electrons. The molecule has 1 amide bonds. The van der Waals surface area contributed by atoms with E-state index in [1.165, 1.54) is 5.56 Å². The summed E-state index contributed by atoms with van der Waals surface area (Å²) in [5.74, 6) is 0. The first-order valence-electron chi connectivity index (χ1n) is 5.63. The van der Waals surface area contributed by atoms with Gasteiger partial charge in [0.2, 0.25) is 0 Å². The summed E-state index contributed by atoms with van der Waals surface area (Å²) in [6.45, 7) is 6.23. The van der Waals surface area contributed by atoms with Crippen LogP contribution in [0.4, 0.5) is 4.79 Å². The molecule has 0 aromatic heterocycles. The molecule has 3 heteroatoms. The second kappa shape index (κ2) is 6.16. The van der Waals surface area contributed by atoms with Crippen LogP contribution in [0.1, 0.15) is 31.9 Å². The number of nitrogens with one attached hydrogen (secondary N) is 1. The summed E-state index contributed by atoms with van der Waals surface area (Å²) in [5, 5.41) is 2.68. The van der Waals surface area contributed by atoms with Gasteiger partial charge in [0.25, 0.3) is 0 Å². The second-order valence-corrected chi connectivity index (χ2v) is 4.05. The molecule has 0 radical (unpaired) electrons. The predicted octanol–water partition coefficient (Wildman–Crippen LogP) is 2.88. The highest BCUT2D eigenvalue weighted by atomic mass is 16.5. The van der Waals surface area contributed by atoms with Gasteiger partial charge in [0, 0.05) is 6.04 Å². The highest BCUT2D eigenvalue weighted by molar-refractivity contribution is 5.67. The SMILES string of the molecule is CCc1cccc(COC(=O)NC(C)C)c1. The smallest absolute Gasteiger partial charge is 0.407 e. The maximum absolute atomic E-state index is 11.2. The lowest BCUT2D eigenvalue weighted by Gasteiger charge is -2.09. The van der Waals surface area contributed by atoms with Crippen molar-refractivity contribution in [1.29, 1.82) is 0 Å². The van der Waals surface area contributed by atoms with Gasteiger partial charge in [-0.05, 0) is 31.4 Å². The molecule has 0 unspecified atom stereocenters. The largest absolute Gasteiger partial charge is 0.445 e. The molecular formula is C13H19NO2. The zero-order valence-electron chi connectivity index (χ0n) is 10.1. The van der Waals surface area contributed by atoms with Gasteiger partial charge in [-0.2, -0.15) is 0 Å². The van der Waals surface area contributed by atoms with E-state index in [2.05, 4.69) is 24.4 Å². The Kier molecular flexibility index (Phi) is 4.83. The predicted molar refractivity (Wildman–Crippen MR) is 64.3 cm³/mol. The first-order chi connectivity index (χ1) is 7.61. The Bertz CT molecular complexity index is 348. The monoisotopic (exact) mass is 221 g/mol. The van der Waals surface area contributed by atoms with Crippen molar-refractivity contribution in [3.63, 3.8) is 0 Å². The summed E-state index contributed by atoms with van der Waals surface area (Å²) in [4.78, 5) is 11.2. The number of carbonyl (C=O) groups is 1. The number of hydrogen-bond donors (Lipinski definition) is 1. The average Bonchev–Trinajstić information content (AvgIpc) is 2.26. The number of benzene rings is 1. The van der Waals surface area contributed by atoms with Crippen LogP contribution in [0, 0.1) is 0 Å². The highest BCUT2D eigenvalue weighted by Gasteiger charge is 2.04. The van der Waals surface area contributed by atoms with E-state index in [1.807, 2.05) is 26.0 Å². The maximum atomic E-state index is 11.2. The molecule has 0 spiro atoms. The third-order valence-electron chi connectivity index (χ3n) is 2.18. The minimum absolute atomic E-state index is 0.106. The van der Waals surface area contributed by atoms with E-state index < -0.39 is 0 Å². The summed E-state index contributed by atoms with van der Waals surface area (Å²) < 4.78 is 5.09. The fourth-order valence-electron chi connectivity index (χ4n) is 1.37. The van der Waals surface area contributed by atoms with Gasteiger partial charge in [-0.1, -0.05) is 31.2 Å². The van der Waals surface area contributed by atoms with Crippen molar-refractivity contribution in [2.75, 3.05) is 0 Å². The van der Waals surface area contributed by atoms with Crippen LogP contribution in [0.25, 0.3) is 0 Å². The Hall–Kier alpha value is -1.51. The van der Waals surface area contributed by atoms with E-state index in [0.717, 1.165) is 12.0 Å². The van der Waals surface area contributed by atoms with Crippen molar-refractivity contribution in [2.24, 2.45) is 0 Å². The normalized spacial score (nSPS) is 10.2. The summed E-state index contributed by atoms with van der Waals surface area (Å²) in [7, 11) is 0. The van der Waals surface area contributed by atoms with Crippen LogP contribution in [0.15, 0.2) is 24.3 Å². The number of ether oxygens (including phenoxy) is 1. The third kappa shape index (κ3) is 4.34. The maximum Gasteiger partial charge on any atom is 0.407 e. The molecule has 1 aromatic rings. The number of alkyl carbamates (subject to hydrolysis) is 1. The number of aryl methyl sites for hydroxylation is 1. The van der Waals surface area contributed by atoms with Gasteiger partial charge in [0.15, 0.2) is 0 Å². The van der Waals surface area contributed by atoms with E-state index in [4.69, 9.17) is 4.74 Å². The molecule has 0 aliphatic heterocycles. The van der Waals surface area contributed by atoms with Gasteiger partial charge in [-0.3, -0.25) is 0 Å². The summed E-state index contributed by atoms with van der Waals surface area (Å²) in [6.07, 6.45) is 0.628. The van der Waals surface area contributed by atoms with Crippen molar-refractivity contribution >= 4 is 6.09 Å². The fourth-order valence-corrected chi connectivity index (χ4v) is 1.37. The minimum atomic E-state index is -0.364. The summed E-state index contributed by atoms with van der Waals surface area (Å²) in [5.41, 5.74) is 2.28. The van der Waals surface area contributed by atoms with Crippen molar-refractivity contribution in [1.82, 2.24) is 5.32 Å². The van der Waals surface area contributed by atoms with Crippen molar-refractivity contribution < 1.29 is 9.53 Å². The van der Waals surface area contributed by atoms with Crippen LogP contribution in [-0.4, -0.2) is 12.1 Å². The highest BCUT2D eigenvalue weighted by Crippen LogP contribution is 2.07. The van der Waals surface area contributed by atoms with Gasteiger partial charge >= 0.3 is 6.09 Å². The lowest BCUT2D eigenvalue weighted by Crippen LogP contribution is -2.30. The molecule has 1 rings (SSSR count). The molecule has 0 aliphatic rings. The summed E-state index contributed by atoms with van der Waals surface area (Å²) in [6, 6.07) is 8.18. The topological polar surface area (TPSA) is 38.3 Å². The zero-order chi connectivity index (χ0) is 12.0. The Morgan fingerprint density at radius 1 is 1.38 bits per heavy atom. The van der Waals surface area contributed by atoms with E-state index in [9.17, 15) is 4.79 Å². The zero-order valence-corrected chi connectivity index (χ0v) is 10.1. The number of hydrogen-bond acceptors (Lipinski definition) is 2. The van der Waals surface area contributed by atoms with Gasteiger partial charge in [-0.25, -0.2) is 4.79 Å². The first-order valence-corrected chi connectivity index (χ1v) is 5.63. The van der Waals surface area contributed by atoms with Crippen LogP contribution < -0.4 is 5.32 Å². The molecule has 0 aliphatic carbocycles. The van der Waals surface area contributed by atoms with Gasteiger partial charge in [-0.15, -0.1) is 0 Å². The molecule has 0 saturated heterocycles. The lowest BCUT2D eigenvalue weighted by atomic mass is 10.1. The number of carbonyl (C=O) groups excluding carboxylic acids is 1. The van der Waals surface area contributed by atoms with Crippen molar-refractivity contribution in [3.8, 4) is 0 Å². The number of rotatable bonds is 4. The Morgan fingerprint density at radius 3 is 2.69 bits per heavy atom. The quantitative estimate of drug-likeness (QED) is 0.849. The lowest BCUT2D eigenvalue weighted by molar-refractivity contribution is 0.137. The molecule has 16 heavy (non-hydrogen) atoms. The standard InChI is InChI=1S/C13H19NO2/c1-4-11-6-5-7-12(8-11)9-16-13(15)14-10(2)3/h5-8,10H,4,9H2,1-3H3,(H,14,15). The molecule has 0 fully saturated rings. The van der Waals surface area contributed by atoms with Crippen LogP contribution in [0.2, 0.25) is 0 Å². The number of amides is 1. The molecule has 3 nitrogen and oxygen atoms in total. The first kappa shape index (κ1) is 12.6. The second-order valence-electron chi connectivity index (χ2n) is 4.05. The van der Waals surface area contributed by atoms with Gasteiger partial charge in [0.1, 0.15) is 6.61 Å². The summed E-state index contributed by atoms with van der Waals surface area (Å²) >= 11 is 0. The van der Waals surface area contributed by atoms with Crippen LogP contribution in [0.5, 0.6) is 0 Å². The Balaban J connectivity index is 2.45. The molecular weight excluding hydrogens is 202 g/mol. The third-order valence-corrected chi connectivity index (χ3v) is 2.18.